The summed E-state index contributed by atoms with van der Waals surface area (Å²) >= 11 is 0. The lowest BCUT2D eigenvalue weighted by molar-refractivity contribution is 1.13. The van der Waals surface area contributed by atoms with Crippen molar-refractivity contribution in [3.63, 3.8) is 0 Å². The number of aryl methyl sites for hydroxylation is 4. The Labute approximate surface area is 125 Å². The lowest BCUT2D eigenvalue weighted by Crippen LogP contribution is -1.78. The van der Waals surface area contributed by atoms with E-state index in [4.69, 9.17) is 0 Å². The molecule has 0 spiro atoms. The topological polar surface area (TPSA) is 0 Å². The van der Waals surface area contributed by atoms with E-state index in [1.54, 1.807) is 0 Å². The van der Waals surface area contributed by atoms with Crippen LogP contribution < -0.4 is 0 Å². The Balaban J connectivity index is 0.000000321. The molecule has 0 bridgehead atoms. The van der Waals surface area contributed by atoms with Gasteiger partial charge in [0.05, 0.1) is 0 Å². The van der Waals surface area contributed by atoms with Gasteiger partial charge in [-0.25, -0.2) is 0 Å². The van der Waals surface area contributed by atoms with Gasteiger partial charge in [0.2, 0.25) is 0 Å². The third-order valence-corrected chi connectivity index (χ3v) is 2.98. The Morgan fingerprint density at radius 1 is 0.650 bits per heavy atom. The molecule has 0 fully saturated rings. The van der Waals surface area contributed by atoms with E-state index in [-0.39, 0.29) is 0 Å². The van der Waals surface area contributed by atoms with E-state index in [2.05, 4.69) is 76.2 Å². The second-order valence-electron chi connectivity index (χ2n) is 4.69. The third-order valence-electron chi connectivity index (χ3n) is 2.98. The van der Waals surface area contributed by atoms with Crippen molar-refractivity contribution < 1.29 is 0 Å². The van der Waals surface area contributed by atoms with Crippen molar-refractivity contribution in [1.29, 1.82) is 0 Å². The van der Waals surface area contributed by atoms with E-state index in [1.165, 1.54) is 22.3 Å². The summed E-state index contributed by atoms with van der Waals surface area (Å²) in [6.45, 7) is 12.6. The van der Waals surface area contributed by atoms with Crippen LogP contribution in [0.15, 0.2) is 48.5 Å². The second kappa shape index (κ2) is 11.3. The molecule has 0 aliphatic heterocycles. The predicted octanol–water partition coefficient (Wildman–Crippen LogP) is 6.14. The Morgan fingerprint density at radius 2 is 1.00 bits per heavy atom. The van der Waals surface area contributed by atoms with E-state index in [9.17, 15) is 0 Å². The van der Waals surface area contributed by atoms with E-state index in [0.717, 1.165) is 12.8 Å². The fraction of sp³-hybridized carbons (Fsp3) is 0.400. The highest BCUT2D eigenvalue weighted by atomic mass is 13.9. The van der Waals surface area contributed by atoms with Crippen LogP contribution in [0.3, 0.4) is 0 Å². The summed E-state index contributed by atoms with van der Waals surface area (Å²) in [5.41, 5.74) is 5.56. The Bertz CT molecular complexity index is 423. The first-order valence-electron chi connectivity index (χ1n) is 7.76. The summed E-state index contributed by atoms with van der Waals surface area (Å²) in [5.74, 6) is 0. The summed E-state index contributed by atoms with van der Waals surface area (Å²) in [7, 11) is 0. The maximum Gasteiger partial charge on any atom is -0.0307 e. The minimum atomic E-state index is 1.14. The van der Waals surface area contributed by atoms with Crippen LogP contribution in [0.5, 0.6) is 0 Å². The predicted molar refractivity (Wildman–Crippen MR) is 92.5 cm³/mol. The lowest BCUT2D eigenvalue weighted by atomic mass is 10.1. The molecule has 0 nitrogen and oxygen atoms in total. The summed E-state index contributed by atoms with van der Waals surface area (Å²) in [6.07, 6.45) is 2.28. The average molecular weight is 270 g/mol. The van der Waals surface area contributed by atoms with Gasteiger partial charge in [0.1, 0.15) is 0 Å². The fourth-order valence-electron chi connectivity index (χ4n) is 1.86. The van der Waals surface area contributed by atoms with Gasteiger partial charge in [-0.1, -0.05) is 87.4 Å². The van der Waals surface area contributed by atoms with E-state index >= 15 is 0 Å². The van der Waals surface area contributed by atoms with Gasteiger partial charge in [-0.2, -0.15) is 0 Å². The normalized spacial score (nSPS) is 8.90. The molecule has 0 heteroatoms. The van der Waals surface area contributed by atoms with Crippen LogP contribution in [0.1, 0.15) is 49.9 Å². The van der Waals surface area contributed by atoms with Gasteiger partial charge < -0.3 is 0 Å². The first kappa shape index (κ1) is 18.4. The van der Waals surface area contributed by atoms with Crippen molar-refractivity contribution in [2.75, 3.05) is 0 Å². The minimum absolute atomic E-state index is 1.14. The average Bonchev–Trinajstić information content (AvgIpc) is 2.50. The number of benzene rings is 2. The third kappa shape index (κ3) is 7.78. The molecule has 0 aromatic heterocycles. The van der Waals surface area contributed by atoms with Crippen LogP contribution in [-0.4, -0.2) is 0 Å². The monoisotopic (exact) mass is 270 g/mol. The highest BCUT2D eigenvalue weighted by Gasteiger charge is 1.86. The molecule has 0 saturated heterocycles. The molecule has 2 aromatic carbocycles. The van der Waals surface area contributed by atoms with Crippen LogP contribution in [-0.2, 0) is 12.8 Å². The molecule has 0 radical (unpaired) electrons. The van der Waals surface area contributed by atoms with E-state index < -0.39 is 0 Å². The molecule has 0 aliphatic carbocycles. The summed E-state index contributed by atoms with van der Waals surface area (Å²) in [6, 6.07) is 17.2. The largest absolute Gasteiger partial charge is 0.0683 e. The van der Waals surface area contributed by atoms with Gasteiger partial charge in [-0.05, 0) is 37.8 Å². The molecule has 2 aromatic rings. The van der Waals surface area contributed by atoms with E-state index in [1.807, 2.05) is 13.8 Å². The molecule has 0 heterocycles. The Kier molecular flexibility index (Phi) is 10.4. The highest BCUT2D eigenvalue weighted by Crippen LogP contribution is 2.03. The van der Waals surface area contributed by atoms with Crippen molar-refractivity contribution in [2.24, 2.45) is 0 Å². The summed E-state index contributed by atoms with van der Waals surface area (Å²) in [5, 5.41) is 0. The second-order valence-corrected chi connectivity index (χ2v) is 4.69. The summed E-state index contributed by atoms with van der Waals surface area (Å²) < 4.78 is 0. The first-order chi connectivity index (χ1) is 9.65. The van der Waals surface area contributed by atoms with Crippen LogP contribution >= 0.6 is 0 Å². The smallest absolute Gasteiger partial charge is 0.0307 e. The summed E-state index contributed by atoms with van der Waals surface area (Å²) in [4.78, 5) is 0. The van der Waals surface area contributed by atoms with Crippen molar-refractivity contribution in [3.05, 3.63) is 70.8 Å². The maximum atomic E-state index is 2.22. The Hall–Kier alpha value is -1.56. The molecule has 0 unspecified atom stereocenters. The van der Waals surface area contributed by atoms with Gasteiger partial charge in [-0.15, -0.1) is 0 Å². The zero-order valence-electron chi connectivity index (χ0n) is 14.0. The number of hydrogen-bond donors (Lipinski definition) is 0. The van der Waals surface area contributed by atoms with Gasteiger partial charge in [0, 0.05) is 0 Å². The van der Waals surface area contributed by atoms with Gasteiger partial charge in [0.15, 0.2) is 0 Å². The zero-order chi connectivity index (χ0) is 15.4. The first-order valence-corrected chi connectivity index (χ1v) is 7.76. The number of rotatable bonds is 2. The molecule has 0 saturated carbocycles. The van der Waals surface area contributed by atoms with Crippen molar-refractivity contribution >= 4 is 0 Å². The van der Waals surface area contributed by atoms with Crippen LogP contribution in [0.25, 0.3) is 0 Å². The minimum Gasteiger partial charge on any atom is -0.0683 e. The number of hydrogen-bond acceptors (Lipinski definition) is 0. The standard InChI is InChI=1S/2C9H12.C2H6/c2*1-3-9-6-4-5-8(2)7-9;1-2/h2*4-7H,3H2,1-2H3;1-2H3. The molecule has 0 aliphatic rings. The quantitative estimate of drug-likeness (QED) is 0.614. The van der Waals surface area contributed by atoms with Gasteiger partial charge in [0.25, 0.3) is 0 Å². The maximum absolute atomic E-state index is 2.22. The van der Waals surface area contributed by atoms with E-state index in [0.29, 0.717) is 0 Å². The molecule has 2 rings (SSSR count). The SMILES string of the molecule is CC.CCc1cccc(C)c1.CCc1cccc(C)c1. The molecule has 0 atom stereocenters. The van der Waals surface area contributed by atoms with Crippen LogP contribution in [0, 0.1) is 13.8 Å². The van der Waals surface area contributed by atoms with Gasteiger partial charge >= 0.3 is 0 Å². The van der Waals surface area contributed by atoms with Crippen molar-refractivity contribution in [1.82, 2.24) is 0 Å². The van der Waals surface area contributed by atoms with Crippen LogP contribution in [0.4, 0.5) is 0 Å². The molecule has 0 amide bonds. The van der Waals surface area contributed by atoms with Crippen LogP contribution in [0.2, 0.25) is 0 Å². The molecule has 110 valence electrons. The molecule has 20 heavy (non-hydrogen) atoms. The molecule has 0 N–H and O–H groups in total. The Morgan fingerprint density at radius 3 is 1.20 bits per heavy atom. The highest BCUT2D eigenvalue weighted by molar-refractivity contribution is 5.22. The fourth-order valence-corrected chi connectivity index (χ4v) is 1.86. The molecular weight excluding hydrogens is 240 g/mol. The molecular formula is C20H30. The lowest BCUT2D eigenvalue weighted by Gasteiger charge is -1.95. The zero-order valence-corrected chi connectivity index (χ0v) is 14.0. The van der Waals surface area contributed by atoms with Crippen molar-refractivity contribution in [2.45, 2.75) is 54.4 Å². The van der Waals surface area contributed by atoms with Gasteiger partial charge in [-0.3, -0.25) is 0 Å². The van der Waals surface area contributed by atoms with Crippen molar-refractivity contribution in [3.8, 4) is 0 Å².